The van der Waals surface area contributed by atoms with Gasteiger partial charge in [0.2, 0.25) is 0 Å². The molecule has 1 aromatic heterocycles. The van der Waals surface area contributed by atoms with E-state index in [0.29, 0.717) is 34.9 Å². The summed E-state index contributed by atoms with van der Waals surface area (Å²) in [6, 6.07) is 13.8. The molecule has 8 heteroatoms. The third-order valence-electron chi connectivity index (χ3n) is 4.59. The number of benzene rings is 2. The zero-order valence-corrected chi connectivity index (χ0v) is 19.0. The first-order chi connectivity index (χ1) is 15.9. The Balaban J connectivity index is 1.88. The maximum atomic E-state index is 12.8. The fraction of sp³-hybridized carbons (Fsp3) is 0.240. The number of hydrogen-bond acceptors (Lipinski definition) is 5. The van der Waals surface area contributed by atoms with Crippen molar-refractivity contribution in [2.24, 2.45) is 7.05 Å². The van der Waals surface area contributed by atoms with Gasteiger partial charge in [0.15, 0.2) is 5.82 Å². The molecule has 0 aliphatic rings. The number of amides is 2. The van der Waals surface area contributed by atoms with Crippen LogP contribution < -0.4 is 15.4 Å². The van der Waals surface area contributed by atoms with E-state index in [4.69, 9.17) is 9.47 Å². The molecule has 0 aliphatic carbocycles. The summed E-state index contributed by atoms with van der Waals surface area (Å²) in [4.78, 5) is 24.5. The monoisotopic (exact) mass is 446 g/mol. The van der Waals surface area contributed by atoms with Crippen molar-refractivity contribution in [3.8, 4) is 17.6 Å². The van der Waals surface area contributed by atoms with E-state index >= 15 is 0 Å². The number of methoxy groups -OCH3 is 1. The highest BCUT2D eigenvalue weighted by Crippen LogP contribution is 2.20. The average Bonchev–Trinajstić information content (AvgIpc) is 3.21. The number of nitrogens with one attached hydrogen (secondary N) is 2. The van der Waals surface area contributed by atoms with Crippen LogP contribution in [0, 0.1) is 11.8 Å². The zero-order valence-electron chi connectivity index (χ0n) is 19.0. The first-order valence-corrected chi connectivity index (χ1v) is 10.3. The van der Waals surface area contributed by atoms with Crippen LogP contribution in [0.25, 0.3) is 0 Å². The van der Waals surface area contributed by atoms with Crippen molar-refractivity contribution < 1.29 is 19.1 Å². The fourth-order valence-electron chi connectivity index (χ4n) is 3.04. The Kier molecular flexibility index (Phi) is 7.84. The van der Waals surface area contributed by atoms with Gasteiger partial charge in [-0.1, -0.05) is 11.8 Å². The summed E-state index contributed by atoms with van der Waals surface area (Å²) in [6.45, 7) is 2.28. The highest BCUT2D eigenvalue weighted by atomic mass is 16.5. The van der Waals surface area contributed by atoms with Crippen molar-refractivity contribution >= 4 is 17.6 Å². The maximum absolute atomic E-state index is 12.8. The van der Waals surface area contributed by atoms with Crippen LogP contribution in [0.2, 0.25) is 0 Å². The predicted octanol–water partition coefficient (Wildman–Crippen LogP) is 2.85. The Bertz CT molecular complexity index is 1190. The summed E-state index contributed by atoms with van der Waals surface area (Å²) in [5.41, 5.74) is 2.29. The summed E-state index contributed by atoms with van der Waals surface area (Å²) in [5, 5.41) is 9.53. The lowest BCUT2D eigenvalue weighted by atomic mass is 10.1. The van der Waals surface area contributed by atoms with Crippen LogP contribution in [0.3, 0.4) is 0 Å². The molecule has 1 atom stereocenters. The van der Waals surface area contributed by atoms with Crippen molar-refractivity contribution in [2.45, 2.75) is 13.0 Å². The molecule has 3 rings (SSSR count). The van der Waals surface area contributed by atoms with Gasteiger partial charge in [0.25, 0.3) is 11.8 Å². The van der Waals surface area contributed by atoms with Gasteiger partial charge in [-0.05, 0) is 49.4 Å². The van der Waals surface area contributed by atoms with Crippen LogP contribution in [-0.2, 0) is 11.8 Å². The number of rotatable bonds is 7. The molecule has 0 spiro atoms. The predicted molar refractivity (Wildman–Crippen MR) is 125 cm³/mol. The van der Waals surface area contributed by atoms with Crippen molar-refractivity contribution in [1.29, 1.82) is 0 Å². The lowest BCUT2D eigenvalue weighted by molar-refractivity contribution is 0.0917. The Hall–Kier alpha value is -4.09. The van der Waals surface area contributed by atoms with Crippen LogP contribution in [-0.4, -0.2) is 48.5 Å². The molecule has 3 aromatic rings. The Morgan fingerprint density at radius 3 is 2.39 bits per heavy atom. The molecule has 33 heavy (non-hydrogen) atoms. The van der Waals surface area contributed by atoms with Crippen LogP contribution in [0.1, 0.15) is 38.8 Å². The van der Waals surface area contributed by atoms with E-state index in [-0.39, 0.29) is 17.9 Å². The third-order valence-corrected chi connectivity index (χ3v) is 4.59. The summed E-state index contributed by atoms with van der Waals surface area (Å²) >= 11 is 0. The van der Waals surface area contributed by atoms with E-state index in [0.717, 1.165) is 5.56 Å². The lowest BCUT2D eigenvalue weighted by Crippen LogP contribution is -2.19. The second kappa shape index (κ2) is 11.0. The van der Waals surface area contributed by atoms with Gasteiger partial charge < -0.3 is 20.1 Å². The molecule has 0 bridgehead atoms. The number of nitrogens with zero attached hydrogens (tertiary/aromatic N) is 2. The molecule has 170 valence electrons. The molecule has 8 nitrogen and oxygen atoms in total. The van der Waals surface area contributed by atoms with E-state index < -0.39 is 0 Å². The second-order valence-corrected chi connectivity index (χ2v) is 7.37. The Labute approximate surface area is 192 Å². The van der Waals surface area contributed by atoms with Crippen LogP contribution >= 0.6 is 0 Å². The second-order valence-electron chi connectivity index (χ2n) is 7.37. The Morgan fingerprint density at radius 2 is 1.76 bits per heavy atom. The molecule has 0 fully saturated rings. The molecule has 0 aliphatic heterocycles. The third kappa shape index (κ3) is 6.69. The van der Waals surface area contributed by atoms with Gasteiger partial charge in [-0.25, -0.2) is 0 Å². The van der Waals surface area contributed by atoms with E-state index in [1.807, 2.05) is 6.92 Å². The van der Waals surface area contributed by atoms with Gasteiger partial charge in [0.1, 0.15) is 11.9 Å². The number of anilines is 1. The fourth-order valence-corrected chi connectivity index (χ4v) is 3.04. The molecule has 2 N–H and O–H groups in total. The summed E-state index contributed by atoms with van der Waals surface area (Å²) in [7, 11) is 4.96. The van der Waals surface area contributed by atoms with Crippen LogP contribution in [0.15, 0.2) is 54.7 Å². The standard InChI is InChI=1S/C25H26N4O4/c1-17(16-32-4)33-22-14-19(6-5-18-7-9-20(10-8-18)24(30)26-2)13-21(15-22)25(31)27-23-11-12-29(3)28-23/h7-15,17H,16H2,1-4H3,(H,26,30)(H,27,28,31)/t17-/m0/s1. The number of aryl methyl sites for hydroxylation is 1. The molecule has 2 amide bonds. The summed E-state index contributed by atoms with van der Waals surface area (Å²) in [5.74, 6) is 6.61. The van der Waals surface area contributed by atoms with Gasteiger partial charge in [-0.15, -0.1) is 0 Å². The molecule has 1 heterocycles. The molecule has 2 aromatic carbocycles. The van der Waals surface area contributed by atoms with Gasteiger partial charge in [-0.2, -0.15) is 5.10 Å². The highest BCUT2D eigenvalue weighted by Gasteiger charge is 2.12. The number of carbonyl (C=O) groups excluding carboxylic acids is 2. The zero-order chi connectivity index (χ0) is 23.8. The molecular weight excluding hydrogens is 420 g/mol. The number of hydrogen-bond donors (Lipinski definition) is 2. The Morgan fingerprint density at radius 1 is 1.03 bits per heavy atom. The number of aromatic nitrogens is 2. The minimum atomic E-state index is -0.323. The normalized spacial score (nSPS) is 11.2. The van der Waals surface area contributed by atoms with Crippen molar-refractivity contribution in [3.05, 3.63) is 77.0 Å². The van der Waals surface area contributed by atoms with Crippen molar-refractivity contribution in [1.82, 2.24) is 15.1 Å². The van der Waals surface area contributed by atoms with E-state index in [2.05, 4.69) is 27.6 Å². The molecule has 0 saturated heterocycles. The summed E-state index contributed by atoms with van der Waals surface area (Å²) in [6.07, 6.45) is 1.54. The smallest absolute Gasteiger partial charge is 0.257 e. The average molecular weight is 447 g/mol. The lowest BCUT2D eigenvalue weighted by Gasteiger charge is -2.15. The van der Waals surface area contributed by atoms with Crippen LogP contribution in [0.5, 0.6) is 5.75 Å². The molecular formula is C25H26N4O4. The highest BCUT2D eigenvalue weighted by molar-refractivity contribution is 6.04. The molecule has 0 radical (unpaired) electrons. The quantitative estimate of drug-likeness (QED) is 0.545. The molecule has 0 unspecified atom stereocenters. The first-order valence-electron chi connectivity index (χ1n) is 10.3. The van der Waals surface area contributed by atoms with Crippen LogP contribution in [0.4, 0.5) is 5.82 Å². The minimum Gasteiger partial charge on any atom is -0.488 e. The summed E-state index contributed by atoms with van der Waals surface area (Å²) < 4.78 is 12.6. The van der Waals surface area contributed by atoms with E-state index in [1.54, 1.807) is 80.6 Å². The van der Waals surface area contributed by atoms with Gasteiger partial charge in [0.05, 0.1) is 6.61 Å². The maximum Gasteiger partial charge on any atom is 0.257 e. The van der Waals surface area contributed by atoms with Crippen molar-refractivity contribution in [2.75, 3.05) is 26.1 Å². The van der Waals surface area contributed by atoms with E-state index in [1.165, 1.54) is 0 Å². The largest absolute Gasteiger partial charge is 0.488 e. The first kappa shape index (κ1) is 23.6. The van der Waals surface area contributed by atoms with Crippen molar-refractivity contribution in [3.63, 3.8) is 0 Å². The van der Waals surface area contributed by atoms with Gasteiger partial charge in [-0.3, -0.25) is 14.3 Å². The number of carbonyl (C=O) groups is 2. The minimum absolute atomic E-state index is 0.159. The molecule has 0 saturated carbocycles. The van der Waals surface area contributed by atoms with Gasteiger partial charge in [0, 0.05) is 55.7 Å². The number of ether oxygens (including phenoxy) is 2. The van der Waals surface area contributed by atoms with E-state index in [9.17, 15) is 9.59 Å². The SMILES string of the molecule is CNC(=O)c1ccc(C#Cc2cc(O[C@@H](C)COC)cc(C(=O)Nc3ccn(C)n3)c2)cc1. The van der Waals surface area contributed by atoms with Gasteiger partial charge >= 0.3 is 0 Å². The topological polar surface area (TPSA) is 94.5 Å².